The van der Waals surface area contributed by atoms with Gasteiger partial charge in [-0.25, -0.2) is 4.98 Å². The summed E-state index contributed by atoms with van der Waals surface area (Å²) in [5, 5.41) is 0. The average Bonchev–Trinajstić information content (AvgIpc) is 2.24. The maximum atomic E-state index is 5.83. The van der Waals surface area contributed by atoms with Crippen molar-refractivity contribution in [2.45, 2.75) is 40.0 Å². The normalized spacial score (nSPS) is 10.3. The largest absolute Gasteiger partial charge is 0.477 e. The average molecular weight is 235 g/mol. The van der Waals surface area contributed by atoms with Gasteiger partial charge in [0.05, 0.1) is 12.2 Å². The Bertz CT molecular complexity index is 402. The lowest BCUT2D eigenvalue weighted by molar-refractivity contribution is 0.305. The second kappa shape index (κ2) is 6.23. The second-order valence-corrected chi connectivity index (χ2v) is 4.26. The standard InChI is InChI=1S/C13H21N3O/c1-5-6-11-15-12(14)10(4)13(16-11)17-8-7-9(2)3/h2,5-8H2,1,3-4H3,(H2,14,15,16). The molecule has 0 unspecified atom stereocenters. The van der Waals surface area contributed by atoms with Crippen LogP contribution in [0, 0.1) is 6.92 Å². The highest BCUT2D eigenvalue weighted by Gasteiger charge is 2.09. The first kappa shape index (κ1) is 13.5. The Morgan fingerprint density at radius 3 is 2.71 bits per heavy atom. The van der Waals surface area contributed by atoms with E-state index in [9.17, 15) is 0 Å². The van der Waals surface area contributed by atoms with Gasteiger partial charge in [-0.05, 0) is 20.3 Å². The van der Waals surface area contributed by atoms with Gasteiger partial charge < -0.3 is 10.5 Å². The molecular weight excluding hydrogens is 214 g/mol. The minimum Gasteiger partial charge on any atom is -0.477 e. The summed E-state index contributed by atoms with van der Waals surface area (Å²) in [7, 11) is 0. The summed E-state index contributed by atoms with van der Waals surface area (Å²) in [4.78, 5) is 8.61. The van der Waals surface area contributed by atoms with Crippen molar-refractivity contribution in [3.63, 3.8) is 0 Å². The van der Waals surface area contributed by atoms with Crippen LogP contribution in [0.1, 0.15) is 38.1 Å². The molecule has 0 aromatic carbocycles. The molecule has 0 atom stereocenters. The minimum absolute atomic E-state index is 0.508. The zero-order chi connectivity index (χ0) is 12.8. The number of aryl methyl sites for hydroxylation is 1. The smallest absolute Gasteiger partial charge is 0.221 e. The number of rotatable bonds is 6. The SMILES string of the molecule is C=C(C)CCOc1nc(CCC)nc(N)c1C. The topological polar surface area (TPSA) is 61.0 Å². The maximum Gasteiger partial charge on any atom is 0.221 e. The summed E-state index contributed by atoms with van der Waals surface area (Å²) >= 11 is 0. The van der Waals surface area contributed by atoms with Crippen molar-refractivity contribution in [2.24, 2.45) is 0 Å². The predicted molar refractivity (Wildman–Crippen MR) is 70.1 cm³/mol. The Balaban J connectivity index is 2.78. The van der Waals surface area contributed by atoms with Crippen LogP contribution in [-0.2, 0) is 6.42 Å². The monoisotopic (exact) mass is 235 g/mol. The molecule has 94 valence electrons. The molecule has 0 saturated carbocycles. The number of anilines is 1. The number of nitrogens with zero attached hydrogens (tertiary/aromatic N) is 2. The lowest BCUT2D eigenvalue weighted by atomic mass is 10.2. The van der Waals surface area contributed by atoms with Crippen LogP contribution in [0.4, 0.5) is 5.82 Å². The van der Waals surface area contributed by atoms with Crippen LogP contribution < -0.4 is 10.5 Å². The highest BCUT2D eigenvalue weighted by molar-refractivity contribution is 5.44. The van der Waals surface area contributed by atoms with E-state index in [2.05, 4.69) is 23.5 Å². The Kier molecular flexibility index (Phi) is 4.94. The molecule has 4 heteroatoms. The Labute approximate surface area is 103 Å². The third-order valence-electron chi connectivity index (χ3n) is 2.43. The first-order chi connectivity index (χ1) is 8.04. The first-order valence-corrected chi connectivity index (χ1v) is 5.94. The van der Waals surface area contributed by atoms with E-state index in [1.807, 2.05) is 13.8 Å². The van der Waals surface area contributed by atoms with E-state index < -0.39 is 0 Å². The zero-order valence-electron chi connectivity index (χ0n) is 10.9. The van der Waals surface area contributed by atoms with Crippen molar-refractivity contribution < 1.29 is 4.74 Å². The van der Waals surface area contributed by atoms with Crippen molar-refractivity contribution in [1.29, 1.82) is 0 Å². The number of ether oxygens (including phenoxy) is 1. The van der Waals surface area contributed by atoms with Gasteiger partial charge in [0.25, 0.3) is 0 Å². The number of hydrogen-bond acceptors (Lipinski definition) is 4. The van der Waals surface area contributed by atoms with Crippen LogP contribution in [-0.4, -0.2) is 16.6 Å². The van der Waals surface area contributed by atoms with Crippen molar-refractivity contribution >= 4 is 5.82 Å². The van der Waals surface area contributed by atoms with Crippen LogP contribution in [0.3, 0.4) is 0 Å². The molecule has 17 heavy (non-hydrogen) atoms. The van der Waals surface area contributed by atoms with Crippen molar-refractivity contribution in [1.82, 2.24) is 9.97 Å². The fourth-order valence-electron chi connectivity index (χ4n) is 1.36. The molecular formula is C13H21N3O. The van der Waals surface area contributed by atoms with Crippen molar-refractivity contribution in [3.8, 4) is 5.88 Å². The van der Waals surface area contributed by atoms with Gasteiger partial charge in [0, 0.05) is 12.8 Å². The summed E-state index contributed by atoms with van der Waals surface area (Å²) in [5.41, 5.74) is 7.74. The molecule has 1 heterocycles. The van der Waals surface area contributed by atoms with Crippen molar-refractivity contribution in [3.05, 3.63) is 23.5 Å². The van der Waals surface area contributed by atoms with Crippen LogP contribution in [0.2, 0.25) is 0 Å². The Hall–Kier alpha value is -1.58. The number of hydrogen-bond donors (Lipinski definition) is 1. The zero-order valence-corrected chi connectivity index (χ0v) is 10.9. The van der Waals surface area contributed by atoms with Gasteiger partial charge in [-0.15, -0.1) is 6.58 Å². The number of nitrogen functional groups attached to an aromatic ring is 1. The molecule has 4 nitrogen and oxygen atoms in total. The first-order valence-electron chi connectivity index (χ1n) is 5.94. The van der Waals surface area contributed by atoms with Crippen LogP contribution in [0.5, 0.6) is 5.88 Å². The molecule has 0 aliphatic carbocycles. The fourth-order valence-corrected chi connectivity index (χ4v) is 1.36. The highest BCUT2D eigenvalue weighted by atomic mass is 16.5. The molecule has 1 aromatic rings. The molecule has 0 bridgehead atoms. The van der Waals surface area contributed by atoms with E-state index in [1.165, 1.54) is 0 Å². The van der Waals surface area contributed by atoms with Gasteiger partial charge in [0.1, 0.15) is 11.6 Å². The Morgan fingerprint density at radius 1 is 1.41 bits per heavy atom. The third kappa shape index (κ3) is 4.06. The summed E-state index contributed by atoms with van der Waals surface area (Å²) in [6.07, 6.45) is 2.64. The molecule has 0 amide bonds. The molecule has 0 aliphatic rings. The van der Waals surface area contributed by atoms with Crippen LogP contribution in [0.25, 0.3) is 0 Å². The van der Waals surface area contributed by atoms with E-state index >= 15 is 0 Å². The highest BCUT2D eigenvalue weighted by Crippen LogP contribution is 2.20. The minimum atomic E-state index is 0.508. The van der Waals surface area contributed by atoms with Gasteiger partial charge in [-0.2, -0.15) is 4.98 Å². The summed E-state index contributed by atoms with van der Waals surface area (Å²) in [5.74, 6) is 1.86. The van der Waals surface area contributed by atoms with Crippen molar-refractivity contribution in [2.75, 3.05) is 12.3 Å². The quantitative estimate of drug-likeness (QED) is 0.770. The Morgan fingerprint density at radius 2 is 2.12 bits per heavy atom. The van der Waals surface area contributed by atoms with Gasteiger partial charge in [0.15, 0.2) is 0 Å². The van der Waals surface area contributed by atoms with Gasteiger partial charge >= 0.3 is 0 Å². The van der Waals surface area contributed by atoms with Gasteiger partial charge in [-0.3, -0.25) is 0 Å². The second-order valence-electron chi connectivity index (χ2n) is 4.26. The van der Waals surface area contributed by atoms with Gasteiger partial charge in [-0.1, -0.05) is 12.5 Å². The molecule has 2 N–H and O–H groups in total. The molecule has 0 fully saturated rings. The van der Waals surface area contributed by atoms with E-state index in [1.54, 1.807) is 0 Å². The molecule has 1 aromatic heterocycles. The molecule has 0 radical (unpaired) electrons. The molecule has 0 aliphatic heterocycles. The van der Waals surface area contributed by atoms with E-state index in [-0.39, 0.29) is 0 Å². The third-order valence-corrected chi connectivity index (χ3v) is 2.43. The molecule has 1 rings (SSSR count). The predicted octanol–water partition coefficient (Wildman–Crippen LogP) is 2.66. The van der Waals surface area contributed by atoms with Crippen LogP contribution >= 0.6 is 0 Å². The number of nitrogens with two attached hydrogens (primary N) is 1. The summed E-state index contributed by atoms with van der Waals surface area (Å²) in [6, 6.07) is 0. The summed E-state index contributed by atoms with van der Waals surface area (Å²) in [6.45, 7) is 10.4. The lowest BCUT2D eigenvalue weighted by Crippen LogP contribution is -2.08. The van der Waals surface area contributed by atoms with Crippen LogP contribution in [0.15, 0.2) is 12.2 Å². The fraction of sp³-hybridized carbons (Fsp3) is 0.538. The van der Waals surface area contributed by atoms with E-state index in [0.717, 1.165) is 36.2 Å². The molecule has 0 spiro atoms. The van der Waals surface area contributed by atoms with E-state index in [0.29, 0.717) is 18.3 Å². The number of aromatic nitrogens is 2. The van der Waals surface area contributed by atoms with Gasteiger partial charge in [0.2, 0.25) is 5.88 Å². The molecule has 0 saturated heterocycles. The summed E-state index contributed by atoms with van der Waals surface area (Å²) < 4.78 is 5.62. The van der Waals surface area contributed by atoms with E-state index in [4.69, 9.17) is 10.5 Å². The maximum absolute atomic E-state index is 5.83. The lowest BCUT2D eigenvalue weighted by Gasteiger charge is -2.11.